The molecule has 0 aromatic carbocycles. The van der Waals surface area contributed by atoms with Crippen molar-refractivity contribution in [2.24, 2.45) is 0 Å². The van der Waals surface area contributed by atoms with Gasteiger partial charge in [0.1, 0.15) is 5.69 Å². The molecule has 0 bridgehead atoms. The average molecular weight is 281 g/mol. The predicted molar refractivity (Wildman–Crippen MR) is 74.2 cm³/mol. The number of nitrogen functional groups attached to an aromatic ring is 1. The number of amides is 1. The maximum atomic E-state index is 12.0. The van der Waals surface area contributed by atoms with Crippen LogP contribution in [0.1, 0.15) is 49.0 Å². The molecular formula is C13H19N3O2S. The zero-order valence-electron chi connectivity index (χ0n) is 10.9. The van der Waals surface area contributed by atoms with Crippen LogP contribution in [0.15, 0.2) is 5.38 Å². The minimum Gasteiger partial charge on any atom is -0.375 e. The summed E-state index contributed by atoms with van der Waals surface area (Å²) >= 11 is 1.29. The normalized spacial score (nSPS) is 25.6. The van der Waals surface area contributed by atoms with E-state index >= 15 is 0 Å². The quantitative estimate of drug-likeness (QED) is 0.868. The first-order chi connectivity index (χ1) is 9.17. The van der Waals surface area contributed by atoms with E-state index in [9.17, 15) is 4.79 Å². The lowest BCUT2D eigenvalue weighted by Gasteiger charge is -2.32. The van der Waals surface area contributed by atoms with Crippen LogP contribution in [0.25, 0.3) is 0 Å². The van der Waals surface area contributed by atoms with Crippen molar-refractivity contribution in [1.29, 1.82) is 0 Å². The Morgan fingerprint density at radius 1 is 1.47 bits per heavy atom. The summed E-state index contributed by atoms with van der Waals surface area (Å²) in [5.41, 5.74) is 5.97. The molecule has 2 aliphatic rings. The third-order valence-electron chi connectivity index (χ3n) is 4.06. The Balaban J connectivity index is 1.58. The molecule has 1 atom stereocenters. The lowest BCUT2D eigenvalue weighted by atomic mass is 9.82. The van der Waals surface area contributed by atoms with Crippen LogP contribution in [0.5, 0.6) is 0 Å². The molecule has 1 saturated heterocycles. The lowest BCUT2D eigenvalue weighted by molar-refractivity contribution is -0.0246. The van der Waals surface area contributed by atoms with Crippen molar-refractivity contribution in [2.45, 2.75) is 50.2 Å². The van der Waals surface area contributed by atoms with Crippen molar-refractivity contribution in [3.63, 3.8) is 0 Å². The van der Waals surface area contributed by atoms with Crippen LogP contribution < -0.4 is 11.1 Å². The van der Waals surface area contributed by atoms with E-state index in [0.29, 0.717) is 17.4 Å². The third kappa shape index (κ3) is 2.74. The molecule has 6 heteroatoms. The second-order valence-corrected chi connectivity index (χ2v) is 6.39. The van der Waals surface area contributed by atoms with Crippen LogP contribution in [-0.2, 0) is 4.74 Å². The number of nitrogens with zero attached hydrogens (tertiary/aromatic N) is 1. The van der Waals surface area contributed by atoms with Gasteiger partial charge in [0.25, 0.3) is 5.91 Å². The molecule has 3 rings (SSSR count). The van der Waals surface area contributed by atoms with Gasteiger partial charge in [0, 0.05) is 5.38 Å². The summed E-state index contributed by atoms with van der Waals surface area (Å²) in [4.78, 5) is 16.0. The van der Waals surface area contributed by atoms with Gasteiger partial charge in [0.15, 0.2) is 5.13 Å². The molecule has 1 aromatic rings. The first-order valence-electron chi connectivity index (χ1n) is 6.83. The molecule has 1 amide bonds. The summed E-state index contributed by atoms with van der Waals surface area (Å²) in [6, 6.07) is 0.105. The van der Waals surface area contributed by atoms with E-state index < -0.39 is 0 Å². The average Bonchev–Trinajstić information content (AvgIpc) is 2.98. The fourth-order valence-electron chi connectivity index (χ4n) is 3.13. The Bertz CT molecular complexity index is 468. The van der Waals surface area contributed by atoms with E-state index in [1.165, 1.54) is 30.6 Å². The van der Waals surface area contributed by atoms with E-state index in [4.69, 9.17) is 10.5 Å². The van der Waals surface area contributed by atoms with Crippen molar-refractivity contribution >= 4 is 22.4 Å². The van der Waals surface area contributed by atoms with E-state index in [2.05, 4.69) is 10.3 Å². The molecule has 2 heterocycles. The first kappa shape index (κ1) is 12.9. The Hall–Kier alpha value is -1.14. The fraction of sp³-hybridized carbons (Fsp3) is 0.692. The monoisotopic (exact) mass is 281 g/mol. The second kappa shape index (κ2) is 5.09. The highest BCUT2D eigenvalue weighted by molar-refractivity contribution is 7.13. The molecule has 19 heavy (non-hydrogen) atoms. The van der Waals surface area contributed by atoms with Gasteiger partial charge >= 0.3 is 0 Å². The summed E-state index contributed by atoms with van der Waals surface area (Å²) < 4.78 is 5.98. The summed E-state index contributed by atoms with van der Waals surface area (Å²) in [5.74, 6) is -0.144. The Morgan fingerprint density at radius 3 is 2.95 bits per heavy atom. The number of hydrogen-bond donors (Lipinski definition) is 2. The molecule has 1 spiro atoms. The number of hydrogen-bond acceptors (Lipinski definition) is 5. The van der Waals surface area contributed by atoms with Crippen molar-refractivity contribution in [3.8, 4) is 0 Å². The lowest BCUT2D eigenvalue weighted by Crippen LogP contribution is -2.37. The van der Waals surface area contributed by atoms with Crippen LogP contribution in [0.4, 0.5) is 5.13 Å². The third-order valence-corrected chi connectivity index (χ3v) is 4.74. The maximum absolute atomic E-state index is 12.0. The van der Waals surface area contributed by atoms with Crippen LogP contribution in [0.3, 0.4) is 0 Å². The minimum absolute atomic E-state index is 0.0251. The van der Waals surface area contributed by atoms with Crippen LogP contribution >= 0.6 is 11.3 Å². The number of nitrogens with two attached hydrogens (primary N) is 1. The van der Waals surface area contributed by atoms with Gasteiger partial charge in [-0.2, -0.15) is 0 Å². The number of thiazole rings is 1. The van der Waals surface area contributed by atoms with Crippen LogP contribution in [0.2, 0.25) is 0 Å². The molecule has 2 fully saturated rings. The van der Waals surface area contributed by atoms with Crippen molar-refractivity contribution < 1.29 is 9.53 Å². The number of ether oxygens (including phenoxy) is 1. The molecule has 1 aliphatic heterocycles. The van der Waals surface area contributed by atoms with Crippen molar-refractivity contribution in [1.82, 2.24) is 10.3 Å². The Kier molecular flexibility index (Phi) is 3.45. The molecule has 104 valence electrons. The molecular weight excluding hydrogens is 262 g/mol. The number of carbonyl (C=O) groups excluding carboxylic acids is 1. The zero-order chi connectivity index (χ0) is 13.3. The molecule has 3 N–H and O–H groups in total. The Morgan fingerprint density at radius 2 is 2.26 bits per heavy atom. The van der Waals surface area contributed by atoms with Gasteiger partial charge in [-0.25, -0.2) is 4.98 Å². The highest BCUT2D eigenvalue weighted by Crippen LogP contribution is 2.39. The number of anilines is 1. The van der Waals surface area contributed by atoms with Gasteiger partial charge in [0.2, 0.25) is 0 Å². The van der Waals surface area contributed by atoms with Crippen LogP contribution in [-0.4, -0.2) is 29.1 Å². The zero-order valence-corrected chi connectivity index (χ0v) is 11.7. The SMILES string of the molecule is Nc1nc(C(=O)N[C@H]2COC3(CCCCC3)C2)cs1. The van der Waals surface area contributed by atoms with Gasteiger partial charge < -0.3 is 15.8 Å². The number of rotatable bonds is 2. The summed E-state index contributed by atoms with van der Waals surface area (Å²) in [5, 5.41) is 5.12. The fourth-order valence-corrected chi connectivity index (χ4v) is 3.68. The smallest absolute Gasteiger partial charge is 0.271 e. The molecule has 1 saturated carbocycles. The summed E-state index contributed by atoms with van der Waals surface area (Å²) in [7, 11) is 0. The molecule has 1 aromatic heterocycles. The predicted octanol–water partition coefficient (Wildman–Crippen LogP) is 1.95. The van der Waals surface area contributed by atoms with E-state index in [1.807, 2.05) is 0 Å². The molecule has 5 nitrogen and oxygen atoms in total. The van der Waals surface area contributed by atoms with Crippen molar-refractivity contribution in [2.75, 3.05) is 12.3 Å². The van der Waals surface area contributed by atoms with E-state index in [-0.39, 0.29) is 17.6 Å². The Labute approximate surface area is 116 Å². The van der Waals surface area contributed by atoms with Gasteiger partial charge in [-0.3, -0.25) is 4.79 Å². The number of carbonyl (C=O) groups is 1. The molecule has 1 aliphatic carbocycles. The largest absolute Gasteiger partial charge is 0.375 e. The van der Waals surface area contributed by atoms with E-state index in [1.54, 1.807) is 5.38 Å². The highest BCUT2D eigenvalue weighted by atomic mass is 32.1. The van der Waals surface area contributed by atoms with Crippen molar-refractivity contribution in [3.05, 3.63) is 11.1 Å². The standard InChI is InChI=1S/C13H19N3O2S/c14-12-16-10(8-19-12)11(17)15-9-6-13(18-7-9)4-2-1-3-5-13/h8-9H,1-7H2,(H2,14,16)(H,15,17)/t9-/m1/s1. The van der Waals surface area contributed by atoms with Gasteiger partial charge in [-0.1, -0.05) is 19.3 Å². The summed E-state index contributed by atoms with van der Waals surface area (Å²) in [6.45, 7) is 0.616. The molecule has 0 unspecified atom stereocenters. The first-order valence-corrected chi connectivity index (χ1v) is 7.71. The highest BCUT2D eigenvalue weighted by Gasteiger charge is 2.41. The van der Waals surface area contributed by atoms with Gasteiger partial charge in [0.05, 0.1) is 18.2 Å². The summed E-state index contributed by atoms with van der Waals surface area (Å²) in [6.07, 6.45) is 6.97. The topological polar surface area (TPSA) is 77.2 Å². The number of aromatic nitrogens is 1. The molecule has 0 radical (unpaired) electrons. The second-order valence-electron chi connectivity index (χ2n) is 5.50. The van der Waals surface area contributed by atoms with E-state index in [0.717, 1.165) is 19.3 Å². The van der Waals surface area contributed by atoms with Crippen LogP contribution in [0, 0.1) is 0 Å². The minimum atomic E-state index is -0.144. The maximum Gasteiger partial charge on any atom is 0.271 e. The number of nitrogens with one attached hydrogen (secondary N) is 1. The van der Waals surface area contributed by atoms with Gasteiger partial charge in [-0.15, -0.1) is 11.3 Å². The van der Waals surface area contributed by atoms with Gasteiger partial charge in [-0.05, 0) is 19.3 Å².